The number of anilines is 2. The van der Waals surface area contributed by atoms with E-state index in [0.717, 1.165) is 17.5 Å². The van der Waals surface area contributed by atoms with Gasteiger partial charge in [-0.2, -0.15) is 4.39 Å². The van der Waals surface area contributed by atoms with E-state index in [4.69, 9.17) is 4.74 Å². The monoisotopic (exact) mass is 464 g/mol. The molecule has 0 amide bonds. The van der Waals surface area contributed by atoms with Crippen molar-refractivity contribution in [3.05, 3.63) is 69.9 Å². The van der Waals surface area contributed by atoms with Crippen LogP contribution >= 0.6 is 0 Å². The van der Waals surface area contributed by atoms with E-state index < -0.39 is 22.4 Å². The van der Waals surface area contributed by atoms with Gasteiger partial charge in [-0.15, -0.1) is 0 Å². The molecule has 0 fully saturated rings. The van der Waals surface area contributed by atoms with Gasteiger partial charge in [0.1, 0.15) is 11.2 Å². The number of hydrogen-bond acceptors (Lipinski definition) is 8. The van der Waals surface area contributed by atoms with Gasteiger partial charge < -0.3 is 14.6 Å². The predicted octanol–water partition coefficient (Wildman–Crippen LogP) is 4.69. The van der Waals surface area contributed by atoms with Crippen molar-refractivity contribution < 1.29 is 18.8 Å². The van der Waals surface area contributed by atoms with Crippen molar-refractivity contribution in [1.82, 2.24) is 19.5 Å². The van der Waals surface area contributed by atoms with Gasteiger partial charge in [-0.25, -0.2) is 19.7 Å². The summed E-state index contributed by atoms with van der Waals surface area (Å²) in [6, 6.07) is 5.78. The van der Waals surface area contributed by atoms with Crippen LogP contribution in [0.4, 0.5) is 21.7 Å². The van der Waals surface area contributed by atoms with Gasteiger partial charge in [0.05, 0.1) is 22.4 Å². The minimum Gasteiger partial charge on any atom is -0.459 e. The van der Waals surface area contributed by atoms with Gasteiger partial charge in [0.2, 0.25) is 11.8 Å². The lowest BCUT2D eigenvalue weighted by molar-refractivity contribution is -0.387. The molecule has 0 aliphatic carbocycles. The summed E-state index contributed by atoms with van der Waals surface area (Å²) < 4.78 is 21.1. The molecular weight excluding hydrogens is 443 g/mol. The Hall–Kier alpha value is -4.41. The van der Waals surface area contributed by atoms with Gasteiger partial charge in [0, 0.05) is 42.7 Å². The molecule has 1 aromatic carbocycles. The highest BCUT2D eigenvalue weighted by Crippen LogP contribution is 2.32. The lowest BCUT2D eigenvalue weighted by Crippen LogP contribution is -2.14. The van der Waals surface area contributed by atoms with Crippen LogP contribution in [0.2, 0.25) is 0 Å². The van der Waals surface area contributed by atoms with Gasteiger partial charge in [-0.1, -0.05) is 0 Å². The van der Waals surface area contributed by atoms with Crippen LogP contribution < -0.4 is 5.32 Å². The molecule has 0 spiro atoms. The number of fused-ring (bicyclic) bond motifs is 1. The van der Waals surface area contributed by atoms with E-state index in [1.807, 2.05) is 17.7 Å². The molecule has 0 saturated carbocycles. The molecule has 4 aromatic rings. The van der Waals surface area contributed by atoms with E-state index >= 15 is 0 Å². The highest BCUT2D eigenvalue weighted by Gasteiger charge is 2.23. The molecule has 174 valence electrons. The normalized spacial score (nSPS) is 11.1. The summed E-state index contributed by atoms with van der Waals surface area (Å²) in [4.78, 5) is 36.3. The number of nitro benzene ring substituents is 1. The third kappa shape index (κ3) is 4.27. The Balaban J connectivity index is 1.85. The summed E-state index contributed by atoms with van der Waals surface area (Å²) in [7, 11) is 1.83. The summed E-state index contributed by atoms with van der Waals surface area (Å²) >= 11 is 0. The third-order valence-corrected chi connectivity index (χ3v) is 5.08. The average molecular weight is 464 g/mol. The second-order valence-corrected chi connectivity index (χ2v) is 7.94. The number of hydrogen-bond donors (Lipinski definition) is 1. The second-order valence-electron chi connectivity index (χ2n) is 7.94. The smallest absolute Gasteiger partial charge is 0.342 e. The van der Waals surface area contributed by atoms with Crippen LogP contribution in [0.3, 0.4) is 0 Å². The van der Waals surface area contributed by atoms with E-state index in [2.05, 4.69) is 20.3 Å². The molecule has 3 aromatic heterocycles. The van der Waals surface area contributed by atoms with Crippen LogP contribution in [0, 0.1) is 22.9 Å². The number of aromatic nitrogens is 4. The molecule has 34 heavy (non-hydrogen) atoms. The SMILES string of the molecule is Cc1cc(F)c([N+](=O)[O-])cc1Nc1ncc(C(=O)OC(C)C)c(-c2cn(C)c3ncccc23)n1. The first-order chi connectivity index (χ1) is 16.2. The fourth-order valence-corrected chi connectivity index (χ4v) is 3.53. The number of carbonyl (C=O) groups is 1. The highest BCUT2D eigenvalue weighted by atomic mass is 19.1. The van der Waals surface area contributed by atoms with Crippen molar-refractivity contribution in [2.24, 2.45) is 7.05 Å². The first-order valence-electron chi connectivity index (χ1n) is 10.4. The summed E-state index contributed by atoms with van der Waals surface area (Å²) in [6.07, 6.45) is 4.44. The fraction of sp³-hybridized carbons (Fsp3) is 0.217. The van der Waals surface area contributed by atoms with Crippen LogP contribution in [0.25, 0.3) is 22.3 Å². The first-order valence-corrected chi connectivity index (χ1v) is 10.4. The fourth-order valence-electron chi connectivity index (χ4n) is 3.53. The van der Waals surface area contributed by atoms with E-state index in [1.54, 1.807) is 39.2 Å². The Morgan fingerprint density at radius 1 is 1.29 bits per heavy atom. The molecule has 0 aliphatic rings. The Kier molecular flexibility index (Phi) is 5.93. The molecule has 0 unspecified atom stereocenters. The van der Waals surface area contributed by atoms with Gasteiger partial charge in [-0.3, -0.25) is 10.1 Å². The van der Waals surface area contributed by atoms with Crippen LogP contribution in [0.15, 0.2) is 42.9 Å². The summed E-state index contributed by atoms with van der Waals surface area (Å²) in [5.74, 6) is -1.46. The number of carbonyl (C=O) groups excluding carboxylic acids is 1. The van der Waals surface area contributed by atoms with Gasteiger partial charge >= 0.3 is 11.7 Å². The number of aryl methyl sites for hydroxylation is 2. The number of ether oxygens (including phenoxy) is 1. The molecule has 4 rings (SSSR count). The predicted molar refractivity (Wildman–Crippen MR) is 123 cm³/mol. The van der Waals surface area contributed by atoms with Crippen molar-refractivity contribution in [2.75, 3.05) is 5.32 Å². The topological polar surface area (TPSA) is 125 Å². The minimum atomic E-state index is -0.940. The average Bonchev–Trinajstić information content (AvgIpc) is 3.11. The molecule has 0 radical (unpaired) electrons. The Morgan fingerprint density at radius 2 is 2.06 bits per heavy atom. The maximum Gasteiger partial charge on any atom is 0.342 e. The lowest BCUT2D eigenvalue weighted by Gasteiger charge is -2.13. The minimum absolute atomic E-state index is 0.0704. The van der Waals surface area contributed by atoms with Gasteiger partial charge in [-0.05, 0) is 44.5 Å². The number of pyridine rings is 1. The quantitative estimate of drug-likeness (QED) is 0.247. The van der Waals surface area contributed by atoms with Crippen molar-refractivity contribution in [3.8, 4) is 11.3 Å². The molecule has 11 heteroatoms. The lowest BCUT2D eigenvalue weighted by atomic mass is 10.1. The highest BCUT2D eigenvalue weighted by molar-refractivity contribution is 6.02. The number of halogens is 1. The molecule has 0 atom stereocenters. The number of rotatable bonds is 6. The van der Waals surface area contributed by atoms with E-state index in [-0.39, 0.29) is 23.3 Å². The standard InChI is InChI=1S/C23H21FN6O4/c1-12(2)34-22(31)15-10-26-23(27-18-9-19(30(32)33)17(24)8-13(18)3)28-20(15)16-11-29(4)21-14(16)6-5-7-25-21/h5-12H,1-4H3,(H,26,27,28). The zero-order valence-electron chi connectivity index (χ0n) is 18.9. The van der Waals surface area contributed by atoms with Crippen molar-refractivity contribution in [2.45, 2.75) is 26.9 Å². The number of nitrogens with one attached hydrogen (secondary N) is 1. The largest absolute Gasteiger partial charge is 0.459 e. The van der Waals surface area contributed by atoms with Crippen LogP contribution in [0.1, 0.15) is 29.8 Å². The summed E-state index contributed by atoms with van der Waals surface area (Å²) in [5.41, 5.74) is 1.79. The molecular formula is C23H21FN6O4. The number of benzene rings is 1. The molecule has 10 nitrogen and oxygen atoms in total. The molecule has 0 saturated heterocycles. The maximum absolute atomic E-state index is 13.9. The van der Waals surface area contributed by atoms with Crippen molar-refractivity contribution in [1.29, 1.82) is 0 Å². The van der Waals surface area contributed by atoms with E-state index in [1.165, 1.54) is 6.20 Å². The molecule has 3 heterocycles. The van der Waals surface area contributed by atoms with Crippen LogP contribution in [-0.2, 0) is 11.8 Å². The second kappa shape index (κ2) is 8.85. The first kappa shape index (κ1) is 22.8. The van der Waals surface area contributed by atoms with E-state index in [0.29, 0.717) is 22.5 Å². The van der Waals surface area contributed by atoms with Gasteiger partial charge in [0.25, 0.3) is 0 Å². The maximum atomic E-state index is 13.9. The summed E-state index contributed by atoms with van der Waals surface area (Å²) in [5, 5.41) is 14.8. The van der Waals surface area contributed by atoms with Crippen molar-refractivity contribution >= 4 is 34.3 Å². The Morgan fingerprint density at radius 3 is 2.76 bits per heavy atom. The van der Waals surface area contributed by atoms with Gasteiger partial charge in [0.15, 0.2) is 0 Å². The zero-order valence-corrected chi connectivity index (χ0v) is 18.9. The third-order valence-electron chi connectivity index (χ3n) is 5.08. The Bertz CT molecular complexity index is 1430. The van der Waals surface area contributed by atoms with Crippen molar-refractivity contribution in [3.63, 3.8) is 0 Å². The van der Waals surface area contributed by atoms with E-state index in [9.17, 15) is 19.3 Å². The van der Waals surface area contributed by atoms with Crippen LogP contribution in [0.5, 0.6) is 0 Å². The zero-order chi connectivity index (χ0) is 24.6. The molecule has 1 N–H and O–H groups in total. The molecule has 0 bridgehead atoms. The number of nitro groups is 1. The number of nitrogens with zero attached hydrogens (tertiary/aromatic N) is 5. The number of esters is 1. The van der Waals surface area contributed by atoms with Crippen LogP contribution in [-0.4, -0.2) is 36.5 Å². The Labute approximate surface area is 193 Å². The summed E-state index contributed by atoms with van der Waals surface area (Å²) in [6.45, 7) is 5.07. The molecule has 0 aliphatic heterocycles.